The van der Waals surface area contributed by atoms with Crippen LogP contribution in [0.1, 0.15) is 52.9 Å². The van der Waals surface area contributed by atoms with E-state index in [9.17, 15) is 13.5 Å². The highest BCUT2D eigenvalue weighted by molar-refractivity contribution is 7.89. The van der Waals surface area contributed by atoms with Crippen LogP contribution in [-0.2, 0) is 19.5 Å². The maximum atomic E-state index is 12.9. The second-order valence-corrected chi connectivity index (χ2v) is 11.7. The molecule has 3 aliphatic heterocycles. The maximum Gasteiger partial charge on any atom is 0.243 e. The van der Waals surface area contributed by atoms with E-state index in [1.54, 1.807) is 28.6 Å². The molecule has 3 heterocycles. The molecule has 1 aromatic rings. The maximum absolute atomic E-state index is 12.9. The number of piperidine rings is 1. The summed E-state index contributed by atoms with van der Waals surface area (Å²) in [6.07, 6.45) is 3.49. The molecule has 3 fully saturated rings. The number of rotatable bonds is 3. The van der Waals surface area contributed by atoms with Gasteiger partial charge in [0.2, 0.25) is 10.0 Å². The first kappa shape index (κ1) is 21.2. The summed E-state index contributed by atoms with van der Waals surface area (Å²) >= 11 is 0. The van der Waals surface area contributed by atoms with E-state index in [-0.39, 0.29) is 11.5 Å². The molecule has 0 saturated carbocycles. The van der Waals surface area contributed by atoms with Crippen molar-refractivity contribution in [2.24, 2.45) is 5.41 Å². The number of aliphatic hydroxyl groups excluding tert-OH is 1. The van der Waals surface area contributed by atoms with Gasteiger partial charge in [-0.2, -0.15) is 4.31 Å². The van der Waals surface area contributed by atoms with Crippen LogP contribution >= 0.6 is 0 Å². The Bertz CT molecular complexity index is 832. The summed E-state index contributed by atoms with van der Waals surface area (Å²) in [6, 6.07) is 8.67. The first-order valence-corrected chi connectivity index (χ1v) is 12.1. The molecule has 3 aliphatic rings. The van der Waals surface area contributed by atoms with E-state index < -0.39 is 27.3 Å². The molecule has 0 aliphatic carbocycles. The molecular formula is C22H33NO5S. The predicted molar refractivity (Wildman–Crippen MR) is 110 cm³/mol. The van der Waals surface area contributed by atoms with Gasteiger partial charge in [-0.05, 0) is 70.4 Å². The van der Waals surface area contributed by atoms with Gasteiger partial charge in [-0.25, -0.2) is 8.42 Å². The monoisotopic (exact) mass is 423 g/mol. The average Bonchev–Trinajstić information content (AvgIpc) is 3.10. The molecule has 3 atom stereocenters. The van der Waals surface area contributed by atoms with E-state index in [0.29, 0.717) is 31.0 Å². The smallest absolute Gasteiger partial charge is 0.243 e. The number of aliphatic hydroxyl groups is 1. The second kappa shape index (κ2) is 7.31. The lowest BCUT2D eigenvalue weighted by molar-refractivity contribution is -0.245. The minimum Gasteiger partial charge on any atom is -0.390 e. The number of hydrogen-bond donors (Lipinski definition) is 1. The molecule has 7 heteroatoms. The molecule has 0 aromatic heterocycles. The Kier molecular flexibility index (Phi) is 5.35. The lowest BCUT2D eigenvalue weighted by atomic mass is 9.73. The van der Waals surface area contributed by atoms with Crippen molar-refractivity contribution < 1.29 is 23.0 Å². The molecule has 0 amide bonds. The van der Waals surface area contributed by atoms with E-state index in [1.807, 2.05) is 19.9 Å². The second-order valence-electron chi connectivity index (χ2n) is 9.79. The van der Waals surface area contributed by atoms with Crippen LogP contribution < -0.4 is 0 Å². The van der Waals surface area contributed by atoms with Crippen molar-refractivity contribution >= 4 is 10.0 Å². The van der Waals surface area contributed by atoms with Crippen molar-refractivity contribution in [3.05, 3.63) is 30.3 Å². The van der Waals surface area contributed by atoms with Crippen LogP contribution in [0.15, 0.2) is 35.2 Å². The SMILES string of the molecule is CC1(C)O[C@@](C)([C@H]2CC3(CCN(S(=O)(=O)c4ccccc4)CC3)CO2)CC[C@@H]1O. The van der Waals surface area contributed by atoms with Crippen molar-refractivity contribution in [3.8, 4) is 0 Å². The summed E-state index contributed by atoms with van der Waals surface area (Å²) in [5.41, 5.74) is -0.987. The highest BCUT2D eigenvalue weighted by Crippen LogP contribution is 2.49. The number of ether oxygens (including phenoxy) is 2. The van der Waals surface area contributed by atoms with Crippen molar-refractivity contribution in [2.75, 3.05) is 19.7 Å². The summed E-state index contributed by atoms with van der Waals surface area (Å²) in [5.74, 6) is 0. The molecule has 1 aromatic carbocycles. The predicted octanol–water partition coefficient (Wildman–Crippen LogP) is 2.96. The average molecular weight is 424 g/mol. The Morgan fingerprint density at radius 2 is 1.72 bits per heavy atom. The zero-order chi connectivity index (χ0) is 20.9. The van der Waals surface area contributed by atoms with Crippen LogP contribution in [0, 0.1) is 5.41 Å². The lowest BCUT2D eigenvalue weighted by Gasteiger charge is -2.48. The van der Waals surface area contributed by atoms with E-state index in [1.165, 1.54) is 0 Å². The zero-order valence-corrected chi connectivity index (χ0v) is 18.5. The molecule has 0 unspecified atom stereocenters. The van der Waals surface area contributed by atoms with Crippen LogP contribution in [-0.4, -0.2) is 60.9 Å². The fourth-order valence-electron chi connectivity index (χ4n) is 5.19. The van der Waals surface area contributed by atoms with E-state index in [0.717, 1.165) is 25.7 Å². The first-order valence-electron chi connectivity index (χ1n) is 10.6. The number of nitrogens with zero attached hydrogens (tertiary/aromatic N) is 1. The molecule has 4 rings (SSSR count). The summed E-state index contributed by atoms with van der Waals surface area (Å²) in [7, 11) is -3.44. The van der Waals surface area contributed by atoms with Gasteiger partial charge in [-0.15, -0.1) is 0 Å². The van der Waals surface area contributed by atoms with E-state index in [2.05, 4.69) is 6.92 Å². The van der Waals surface area contributed by atoms with E-state index >= 15 is 0 Å². The summed E-state index contributed by atoms with van der Waals surface area (Å²) in [6.45, 7) is 7.67. The number of hydrogen-bond acceptors (Lipinski definition) is 5. The van der Waals surface area contributed by atoms with Gasteiger partial charge in [-0.3, -0.25) is 0 Å². The van der Waals surface area contributed by atoms with Gasteiger partial charge in [0.25, 0.3) is 0 Å². The summed E-state index contributed by atoms with van der Waals surface area (Å²) in [4.78, 5) is 0.361. The molecule has 162 valence electrons. The third-order valence-electron chi connectivity index (χ3n) is 7.27. The van der Waals surface area contributed by atoms with Gasteiger partial charge in [-0.1, -0.05) is 18.2 Å². The molecule has 0 bridgehead atoms. The molecule has 1 N–H and O–H groups in total. The van der Waals surface area contributed by atoms with Gasteiger partial charge < -0.3 is 14.6 Å². The quantitative estimate of drug-likeness (QED) is 0.809. The zero-order valence-electron chi connectivity index (χ0n) is 17.6. The Hall–Kier alpha value is -0.990. The van der Waals surface area contributed by atoms with Gasteiger partial charge in [0, 0.05) is 13.1 Å². The third kappa shape index (κ3) is 3.88. The normalized spacial score (nSPS) is 35.0. The van der Waals surface area contributed by atoms with Crippen molar-refractivity contribution in [2.45, 2.75) is 81.2 Å². The van der Waals surface area contributed by atoms with Crippen LogP contribution in [0.5, 0.6) is 0 Å². The summed E-state index contributed by atoms with van der Waals surface area (Å²) < 4.78 is 40.0. The summed E-state index contributed by atoms with van der Waals surface area (Å²) in [5, 5.41) is 10.2. The molecule has 0 radical (unpaired) electrons. The van der Waals surface area contributed by atoms with Gasteiger partial charge >= 0.3 is 0 Å². The fourth-order valence-corrected chi connectivity index (χ4v) is 6.65. The Morgan fingerprint density at radius 1 is 1.07 bits per heavy atom. The molecule has 1 spiro atoms. The van der Waals surface area contributed by atoms with Gasteiger partial charge in [0.15, 0.2) is 0 Å². The fraction of sp³-hybridized carbons (Fsp3) is 0.727. The van der Waals surface area contributed by atoms with Gasteiger partial charge in [0.1, 0.15) is 0 Å². The Morgan fingerprint density at radius 3 is 2.34 bits per heavy atom. The Labute approximate surface area is 174 Å². The molecule has 3 saturated heterocycles. The van der Waals surface area contributed by atoms with Crippen LogP contribution in [0.2, 0.25) is 0 Å². The third-order valence-corrected chi connectivity index (χ3v) is 9.18. The lowest BCUT2D eigenvalue weighted by Crippen LogP contribution is -2.56. The van der Waals surface area contributed by atoms with Crippen LogP contribution in [0.3, 0.4) is 0 Å². The van der Waals surface area contributed by atoms with Crippen molar-refractivity contribution in [1.82, 2.24) is 4.31 Å². The highest BCUT2D eigenvalue weighted by Gasteiger charge is 2.54. The highest BCUT2D eigenvalue weighted by atomic mass is 32.2. The van der Waals surface area contributed by atoms with E-state index in [4.69, 9.17) is 9.47 Å². The largest absolute Gasteiger partial charge is 0.390 e. The first-order chi connectivity index (χ1) is 13.6. The minimum absolute atomic E-state index is 0.0138. The van der Waals surface area contributed by atoms with Gasteiger partial charge in [0.05, 0.1) is 34.9 Å². The van der Waals surface area contributed by atoms with Crippen LogP contribution in [0.4, 0.5) is 0 Å². The molecular weight excluding hydrogens is 390 g/mol. The Balaban J connectivity index is 1.41. The van der Waals surface area contributed by atoms with Crippen molar-refractivity contribution in [3.63, 3.8) is 0 Å². The minimum atomic E-state index is -3.44. The van der Waals surface area contributed by atoms with Crippen LogP contribution in [0.25, 0.3) is 0 Å². The standard InChI is InChI=1S/C22H33NO5S/c1-20(2)18(24)9-10-21(3,28-20)19-15-22(16-27-19)11-13-23(14-12-22)29(25,26)17-7-5-4-6-8-17/h4-8,18-19,24H,9-16H2,1-3H3/t18-,19+,21+/m0/s1. The topological polar surface area (TPSA) is 76.1 Å². The molecule has 6 nitrogen and oxygen atoms in total. The number of sulfonamides is 1. The van der Waals surface area contributed by atoms with Crippen molar-refractivity contribution in [1.29, 1.82) is 0 Å². The number of benzene rings is 1. The molecule has 29 heavy (non-hydrogen) atoms.